The van der Waals surface area contributed by atoms with Crippen LogP contribution in [0.3, 0.4) is 0 Å². The second-order valence-electron chi connectivity index (χ2n) is 9.31. The van der Waals surface area contributed by atoms with E-state index in [9.17, 15) is 14.0 Å². The Labute approximate surface area is 212 Å². The number of hydrogen-bond donors (Lipinski definition) is 1. The lowest BCUT2D eigenvalue weighted by Crippen LogP contribution is -2.49. The first-order valence-corrected chi connectivity index (χ1v) is 12.3. The Kier molecular flexibility index (Phi) is 7.54. The maximum Gasteiger partial charge on any atom is 0.248 e. The predicted octanol–water partition coefficient (Wildman–Crippen LogP) is 4.23. The van der Waals surface area contributed by atoms with Crippen molar-refractivity contribution in [2.45, 2.75) is 45.4 Å². The minimum absolute atomic E-state index is 0.217. The summed E-state index contributed by atoms with van der Waals surface area (Å²) in [6.07, 6.45) is 0. The van der Waals surface area contributed by atoms with Gasteiger partial charge in [-0.15, -0.1) is 21.5 Å². The van der Waals surface area contributed by atoms with Crippen molar-refractivity contribution in [1.29, 1.82) is 0 Å². The van der Waals surface area contributed by atoms with Crippen LogP contribution in [0, 0.1) is 5.82 Å². The SMILES string of the molecule is CC(C)(C)NC(=O)C(c1cccs1)N(Cc1ccccc1)C(=O)Cn1nnc(-c2ccc(F)cc2)n1. The average molecular weight is 507 g/mol. The van der Waals surface area contributed by atoms with Crippen molar-refractivity contribution in [2.24, 2.45) is 0 Å². The quantitative estimate of drug-likeness (QED) is 0.386. The first-order chi connectivity index (χ1) is 17.2. The molecular weight excluding hydrogens is 479 g/mol. The van der Waals surface area contributed by atoms with Gasteiger partial charge in [-0.1, -0.05) is 36.4 Å². The van der Waals surface area contributed by atoms with Crippen LogP contribution in [-0.4, -0.2) is 42.5 Å². The topological polar surface area (TPSA) is 93.0 Å². The van der Waals surface area contributed by atoms with Crippen LogP contribution in [0.25, 0.3) is 11.4 Å². The highest BCUT2D eigenvalue weighted by molar-refractivity contribution is 7.10. The highest BCUT2D eigenvalue weighted by Gasteiger charge is 2.34. The normalized spacial score (nSPS) is 12.2. The zero-order chi connectivity index (χ0) is 25.7. The summed E-state index contributed by atoms with van der Waals surface area (Å²) in [5, 5.41) is 17.2. The third-order valence-corrected chi connectivity index (χ3v) is 6.14. The zero-order valence-electron chi connectivity index (χ0n) is 20.3. The molecule has 10 heteroatoms. The summed E-state index contributed by atoms with van der Waals surface area (Å²) in [7, 11) is 0. The average Bonchev–Trinajstić information content (AvgIpc) is 3.51. The van der Waals surface area contributed by atoms with E-state index in [1.807, 2.05) is 68.6 Å². The first-order valence-electron chi connectivity index (χ1n) is 11.4. The largest absolute Gasteiger partial charge is 0.349 e. The van der Waals surface area contributed by atoms with E-state index >= 15 is 0 Å². The molecule has 8 nitrogen and oxygen atoms in total. The van der Waals surface area contributed by atoms with Crippen molar-refractivity contribution in [3.05, 3.63) is 88.4 Å². The van der Waals surface area contributed by atoms with Crippen molar-refractivity contribution in [3.63, 3.8) is 0 Å². The summed E-state index contributed by atoms with van der Waals surface area (Å²) in [4.78, 5) is 30.7. The standard InChI is InChI=1S/C26H27FN6O2S/c1-26(2,3)28-25(35)23(21-10-7-15-36-21)32(16-18-8-5-4-6-9-18)22(34)17-33-30-24(29-31-33)19-11-13-20(27)14-12-19/h4-15,23H,16-17H2,1-3H3,(H,28,35). The van der Waals surface area contributed by atoms with Crippen LogP contribution >= 0.6 is 11.3 Å². The molecule has 2 aromatic carbocycles. The molecular formula is C26H27FN6O2S. The molecule has 0 spiro atoms. The van der Waals surface area contributed by atoms with E-state index in [0.717, 1.165) is 10.4 Å². The van der Waals surface area contributed by atoms with Crippen molar-refractivity contribution in [2.75, 3.05) is 0 Å². The summed E-state index contributed by atoms with van der Waals surface area (Å²) >= 11 is 1.41. The van der Waals surface area contributed by atoms with Gasteiger partial charge in [0.1, 0.15) is 18.4 Å². The Morgan fingerprint density at radius 3 is 2.42 bits per heavy atom. The smallest absolute Gasteiger partial charge is 0.248 e. The maximum atomic E-state index is 13.7. The third-order valence-electron chi connectivity index (χ3n) is 5.22. The van der Waals surface area contributed by atoms with Crippen molar-refractivity contribution < 1.29 is 14.0 Å². The van der Waals surface area contributed by atoms with Gasteiger partial charge >= 0.3 is 0 Å². The maximum absolute atomic E-state index is 13.7. The molecule has 0 aliphatic heterocycles. The lowest BCUT2D eigenvalue weighted by Gasteiger charge is -2.33. The Morgan fingerprint density at radius 1 is 1.06 bits per heavy atom. The molecule has 0 bridgehead atoms. The fourth-order valence-electron chi connectivity index (χ4n) is 3.65. The number of halogens is 1. The van der Waals surface area contributed by atoms with Gasteiger partial charge in [0.25, 0.3) is 0 Å². The van der Waals surface area contributed by atoms with Crippen LogP contribution in [0.5, 0.6) is 0 Å². The number of aromatic nitrogens is 4. The van der Waals surface area contributed by atoms with Crippen LogP contribution in [0.4, 0.5) is 4.39 Å². The molecule has 1 N–H and O–H groups in total. The van der Waals surface area contributed by atoms with Crippen LogP contribution in [0.2, 0.25) is 0 Å². The summed E-state index contributed by atoms with van der Waals surface area (Å²) in [5.41, 5.74) is 0.984. The van der Waals surface area contributed by atoms with E-state index in [0.29, 0.717) is 5.56 Å². The molecule has 0 aliphatic carbocycles. The van der Waals surface area contributed by atoms with Gasteiger partial charge in [-0.05, 0) is 67.3 Å². The monoisotopic (exact) mass is 506 g/mol. The Balaban J connectivity index is 1.64. The molecule has 0 fully saturated rings. The van der Waals surface area contributed by atoms with Gasteiger partial charge in [-0.3, -0.25) is 9.59 Å². The fourth-order valence-corrected chi connectivity index (χ4v) is 4.48. The molecule has 0 saturated heterocycles. The van der Waals surface area contributed by atoms with Crippen molar-refractivity contribution in [1.82, 2.24) is 30.4 Å². The number of carbonyl (C=O) groups excluding carboxylic acids is 2. The molecule has 0 radical (unpaired) electrons. The minimum Gasteiger partial charge on any atom is -0.349 e. The van der Waals surface area contributed by atoms with Crippen LogP contribution in [-0.2, 0) is 22.7 Å². The van der Waals surface area contributed by atoms with Gasteiger partial charge in [0.2, 0.25) is 17.6 Å². The Hall–Kier alpha value is -3.92. The van der Waals surface area contributed by atoms with E-state index in [1.165, 1.54) is 28.3 Å². The van der Waals surface area contributed by atoms with Crippen LogP contribution in [0.15, 0.2) is 72.1 Å². The molecule has 4 rings (SSSR count). The second kappa shape index (κ2) is 10.8. The summed E-state index contributed by atoms with van der Waals surface area (Å²) in [6, 6.07) is 18.1. The number of nitrogens with one attached hydrogen (secondary N) is 1. The lowest BCUT2D eigenvalue weighted by atomic mass is 10.1. The number of amides is 2. The highest BCUT2D eigenvalue weighted by Crippen LogP contribution is 2.28. The molecule has 0 aliphatic rings. The lowest BCUT2D eigenvalue weighted by molar-refractivity contribution is -0.143. The molecule has 186 valence electrons. The second-order valence-corrected chi connectivity index (χ2v) is 10.3. The van der Waals surface area contributed by atoms with Gasteiger partial charge < -0.3 is 10.2 Å². The molecule has 1 unspecified atom stereocenters. The van der Waals surface area contributed by atoms with Crippen LogP contribution in [0.1, 0.15) is 37.3 Å². The van der Waals surface area contributed by atoms with E-state index in [1.54, 1.807) is 17.0 Å². The number of carbonyl (C=O) groups is 2. The summed E-state index contributed by atoms with van der Waals surface area (Å²) < 4.78 is 13.3. The van der Waals surface area contributed by atoms with Gasteiger partial charge in [0.15, 0.2) is 0 Å². The Bertz CT molecular complexity index is 1300. The zero-order valence-corrected chi connectivity index (χ0v) is 21.1. The van der Waals surface area contributed by atoms with Gasteiger partial charge in [-0.25, -0.2) is 4.39 Å². The molecule has 1 atom stereocenters. The number of benzene rings is 2. The molecule has 2 aromatic heterocycles. The molecule has 4 aromatic rings. The van der Waals surface area contributed by atoms with Crippen molar-refractivity contribution >= 4 is 23.2 Å². The minimum atomic E-state index is -0.836. The van der Waals surface area contributed by atoms with E-state index in [2.05, 4.69) is 20.7 Å². The number of thiophene rings is 1. The molecule has 2 amide bonds. The van der Waals surface area contributed by atoms with Gasteiger partial charge in [-0.2, -0.15) is 4.80 Å². The van der Waals surface area contributed by atoms with E-state index in [-0.39, 0.29) is 36.5 Å². The predicted molar refractivity (Wildman–Crippen MR) is 135 cm³/mol. The van der Waals surface area contributed by atoms with Gasteiger partial charge in [0, 0.05) is 22.5 Å². The first kappa shape index (κ1) is 25.2. The third kappa shape index (κ3) is 6.39. The number of tetrazole rings is 1. The molecule has 2 heterocycles. The van der Waals surface area contributed by atoms with Crippen molar-refractivity contribution in [3.8, 4) is 11.4 Å². The summed E-state index contributed by atoms with van der Waals surface area (Å²) in [5.74, 6) is -0.708. The molecule has 0 saturated carbocycles. The highest BCUT2D eigenvalue weighted by atomic mass is 32.1. The molecule has 36 heavy (non-hydrogen) atoms. The number of hydrogen-bond acceptors (Lipinski definition) is 6. The van der Waals surface area contributed by atoms with Crippen LogP contribution < -0.4 is 5.32 Å². The van der Waals surface area contributed by atoms with E-state index < -0.39 is 11.6 Å². The number of rotatable bonds is 8. The summed E-state index contributed by atoms with van der Waals surface area (Å²) in [6.45, 7) is 5.70. The fraction of sp³-hybridized carbons (Fsp3) is 0.269. The number of nitrogens with zero attached hydrogens (tertiary/aromatic N) is 5. The van der Waals surface area contributed by atoms with E-state index in [4.69, 9.17) is 0 Å². The van der Waals surface area contributed by atoms with Gasteiger partial charge in [0.05, 0.1) is 0 Å². The Morgan fingerprint density at radius 2 is 1.78 bits per heavy atom.